The lowest BCUT2D eigenvalue weighted by atomic mass is 10.1. The van der Waals surface area contributed by atoms with Crippen LogP contribution in [0.3, 0.4) is 0 Å². The number of aromatic nitrogens is 2. The molecule has 31 heavy (non-hydrogen) atoms. The molecule has 164 valence electrons. The lowest BCUT2D eigenvalue weighted by Gasteiger charge is -2.12. The number of halogens is 4. The highest BCUT2D eigenvalue weighted by Gasteiger charge is 2.38. The van der Waals surface area contributed by atoms with E-state index in [2.05, 4.69) is 31.4 Å². The van der Waals surface area contributed by atoms with Crippen LogP contribution in [0, 0.1) is 6.92 Å². The molecule has 2 aromatic carbocycles. The number of H-pyrrole nitrogens is 1. The maximum atomic E-state index is 12.2. The van der Waals surface area contributed by atoms with Crippen molar-refractivity contribution in [2.75, 3.05) is 5.32 Å². The van der Waals surface area contributed by atoms with Gasteiger partial charge in [-0.1, -0.05) is 40.2 Å². The van der Waals surface area contributed by atoms with Crippen molar-refractivity contribution in [3.05, 3.63) is 70.5 Å². The zero-order chi connectivity index (χ0) is 23.2. The number of benzene rings is 2. The summed E-state index contributed by atoms with van der Waals surface area (Å²) < 4.78 is 32.6. The molecular formula is C20H17BrF3N3O4. The molecule has 3 rings (SSSR count). The second-order valence-electron chi connectivity index (χ2n) is 6.23. The van der Waals surface area contributed by atoms with E-state index in [9.17, 15) is 23.1 Å². The topological polar surface area (TPSA) is 115 Å². The average molecular weight is 500 g/mol. The average Bonchev–Trinajstić information content (AvgIpc) is 3.14. The van der Waals surface area contributed by atoms with E-state index in [0.717, 1.165) is 21.3 Å². The molecule has 1 amide bonds. The summed E-state index contributed by atoms with van der Waals surface area (Å²) in [5, 5.41) is 26.9. The summed E-state index contributed by atoms with van der Waals surface area (Å²) in [6.45, 7) is 1.95. The van der Waals surface area contributed by atoms with Crippen LogP contribution in [0.4, 0.5) is 18.9 Å². The Bertz CT molecular complexity index is 1040. The normalized spacial score (nSPS) is 11.8. The van der Waals surface area contributed by atoms with E-state index in [1.807, 2.05) is 19.1 Å². The van der Waals surface area contributed by atoms with Crippen molar-refractivity contribution < 1.29 is 33.0 Å². The van der Waals surface area contributed by atoms with Crippen molar-refractivity contribution in [1.82, 2.24) is 10.2 Å². The number of aromatic amines is 1. The molecule has 3 aromatic rings. The quantitative estimate of drug-likeness (QED) is 0.423. The van der Waals surface area contributed by atoms with Crippen molar-refractivity contribution in [2.24, 2.45) is 0 Å². The number of carboxylic acid groups (broad SMARTS) is 1. The molecule has 0 bridgehead atoms. The molecule has 0 radical (unpaired) electrons. The summed E-state index contributed by atoms with van der Waals surface area (Å²) in [4.78, 5) is 21.1. The first-order valence-corrected chi connectivity index (χ1v) is 9.43. The van der Waals surface area contributed by atoms with Gasteiger partial charge in [-0.3, -0.25) is 9.89 Å². The van der Waals surface area contributed by atoms with Crippen LogP contribution in [0.25, 0.3) is 11.1 Å². The Kier molecular flexibility index (Phi) is 7.95. The number of rotatable bonds is 4. The van der Waals surface area contributed by atoms with Crippen LogP contribution in [0.5, 0.6) is 0 Å². The number of alkyl halides is 3. The third-order valence-corrected chi connectivity index (χ3v) is 4.50. The second-order valence-corrected chi connectivity index (χ2v) is 7.15. The van der Waals surface area contributed by atoms with Gasteiger partial charge in [0, 0.05) is 21.4 Å². The molecule has 4 N–H and O–H groups in total. The first kappa shape index (κ1) is 24.1. The fourth-order valence-corrected chi connectivity index (χ4v) is 2.65. The standard InChI is InChI=1S/C18H16BrN3O2.C2HF3O2/c1-11-16(10-20-22-11)12-4-8-15(9-5-12)21-18(24)17(23)13-2-6-14(19)7-3-13;3-2(4,5)1(6)7/h2-10,17,23H,1H3,(H,20,22)(H,21,24);(H,6,7). The van der Waals surface area contributed by atoms with Gasteiger partial charge < -0.3 is 15.5 Å². The van der Waals surface area contributed by atoms with Gasteiger partial charge in [0.1, 0.15) is 0 Å². The zero-order valence-corrected chi connectivity index (χ0v) is 17.5. The molecule has 0 saturated heterocycles. The molecule has 0 fully saturated rings. The number of hydrogen-bond donors (Lipinski definition) is 4. The monoisotopic (exact) mass is 499 g/mol. The van der Waals surface area contributed by atoms with Gasteiger partial charge in [-0.2, -0.15) is 18.3 Å². The number of nitrogens with one attached hydrogen (secondary N) is 2. The number of aryl methyl sites for hydroxylation is 1. The number of aliphatic carboxylic acids is 1. The summed E-state index contributed by atoms with van der Waals surface area (Å²) in [6, 6.07) is 14.4. The van der Waals surface area contributed by atoms with Crippen molar-refractivity contribution in [2.45, 2.75) is 19.2 Å². The lowest BCUT2D eigenvalue weighted by Crippen LogP contribution is -2.21. The Morgan fingerprint density at radius 3 is 2.10 bits per heavy atom. The fourth-order valence-electron chi connectivity index (χ4n) is 2.38. The van der Waals surface area contributed by atoms with E-state index in [1.165, 1.54) is 0 Å². The van der Waals surface area contributed by atoms with Crippen LogP contribution in [0.1, 0.15) is 17.4 Å². The van der Waals surface area contributed by atoms with Crippen LogP contribution in [0.2, 0.25) is 0 Å². The molecule has 0 aliphatic carbocycles. The Morgan fingerprint density at radius 1 is 1.10 bits per heavy atom. The number of carbonyl (C=O) groups is 2. The van der Waals surface area contributed by atoms with Crippen molar-refractivity contribution in [3.8, 4) is 11.1 Å². The van der Waals surface area contributed by atoms with Crippen LogP contribution in [-0.2, 0) is 9.59 Å². The van der Waals surface area contributed by atoms with Crippen molar-refractivity contribution in [1.29, 1.82) is 0 Å². The SMILES string of the molecule is Cc1[nH]ncc1-c1ccc(NC(=O)C(O)c2ccc(Br)cc2)cc1.O=C(O)C(F)(F)F. The predicted molar refractivity (Wildman–Crippen MR) is 110 cm³/mol. The van der Waals surface area contributed by atoms with Gasteiger partial charge in [-0.25, -0.2) is 4.79 Å². The van der Waals surface area contributed by atoms with E-state index in [4.69, 9.17) is 9.90 Å². The highest BCUT2D eigenvalue weighted by atomic mass is 79.9. The second kappa shape index (κ2) is 10.2. The molecule has 7 nitrogen and oxygen atoms in total. The minimum atomic E-state index is -5.08. The smallest absolute Gasteiger partial charge is 0.475 e. The molecule has 0 aliphatic heterocycles. The number of aliphatic hydroxyl groups is 1. The fraction of sp³-hybridized carbons (Fsp3) is 0.150. The number of anilines is 1. The molecular weight excluding hydrogens is 483 g/mol. The Labute approximate surface area is 183 Å². The summed E-state index contributed by atoms with van der Waals surface area (Å²) in [5.41, 5.74) is 4.18. The lowest BCUT2D eigenvalue weighted by molar-refractivity contribution is -0.192. The number of carbonyl (C=O) groups excluding carboxylic acids is 1. The predicted octanol–water partition coefficient (Wildman–Crippen LogP) is 4.45. The number of carboxylic acids is 1. The van der Waals surface area contributed by atoms with E-state index >= 15 is 0 Å². The molecule has 1 unspecified atom stereocenters. The number of hydrogen-bond acceptors (Lipinski definition) is 4. The summed E-state index contributed by atoms with van der Waals surface area (Å²) in [5.74, 6) is -3.22. The molecule has 1 atom stereocenters. The molecule has 0 spiro atoms. The maximum Gasteiger partial charge on any atom is 0.490 e. The van der Waals surface area contributed by atoms with Gasteiger partial charge in [0.15, 0.2) is 6.10 Å². The molecule has 1 heterocycles. The zero-order valence-electron chi connectivity index (χ0n) is 15.9. The van der Waals surface area contributed by atoms with Gasteiger partial charge in [0.05, 0.1) is 6.20 Å². The van der Waals surface area contributed by atoms with Crippen LogP contribution < -0.4 is 5.32 Å². The number of amides is 1. The minimum Gasteiger partial charge on any atom is -0.475 e. The third-order valence-electron chi connectivity index (χ3n) is 3.97. The Balaban J connectivity index is 0.000000423. The third kappa shape index (κ3) is 6.93. The summed E-state index contributed by atoms with van der Waals surface area (Å²) in [6.07, 6.45) is -4.53. The highest BCUT2D eigenvalue weighted by molar-refractivity contribution is 9.10. The Morgan fingerprint density at radius 2 is 1.65 bits per heavy atom. The van der Waals surface area contributed by atoms with Gasteiger partial charge in [0.25, 0.3) is 5.91 Å². The summed E-state index contributed by atoms with van der Waals surface area (Å²) in [7, 11) is 0. The number of nitrogens with zero attached hydrogens (tertiary/aromatic N) is 1. The van der Waals surface area contributed by atoms with E-state index < -0.39 is 24.2 Å². The van der Waals surface area contributed by atoms with Gasteiger partial charge in [-0.05, 0) is 42.3 Å². The van der Waals surface area contributed by atoms with Crippen molar-refractivity contribution in [3.63, 3.8) is 0 Å². The maximum absolute atomic E-state index is 12.2. The molecule has 11 heteroatoms. The molecule has 0 aliphatic rings. The molecule has 0 saturated carbocycles. The van der Waals surface area contributed by atoms with Crippen LogP contribution in [-0.4, -0.2) is 38.5 Å². The first-order chi connectivity index (χ1) is 14.5. The van der Waals surface area contributed by atoms with Gasteiger partial charge >= 0.3 is 12.1 Å². The van der Waals surface area contributed by atoms with Gasteiger partial charge in [0.2, 0.25) is 0 Å². The first-order valence-electron chi connectivity index (χ1n) is 8.64. The highest BCUT2D eigenvalue weighted by Crippen LogP contribution is 2.24. The van der Waals surface area contributed by atoms with E-state index in [1.54, 1.807) is 42.6 Å². The Hall–Kier alpha value is -3.18. The molecule has 1 aromatic heterocycles. The largest absolute Gasteiger partial charge is 0.490 e. The minimum absolute atomic E-state index is 0.468. The van der Waals surface area contributed by atoms with E-state index in [-0.39, 0.29) is 0 Å². The number of aliphatic hydroxyl groups excluding tert-OH is 1. The van der Waals surface area contributed by atoms with E-state index in [0.29, 0.717) is 11.3 Å². The van der Waals surface area contributed by atoms with Gasteiger partial charge in [-0.15, -0.1) is 0 Å². The van der Waals surface area contributed by atoms with Crippen LogP contribution in [0.15, 0.2) is 59.2 Å². The van der Waals surface area contributed by atoms with Crippen molar-refractivity contribution >= 4 is 33.5 Å². The summed E-state index contributed by atoms with van der Waals surface area (Å²) >= 11 is 3.32. The van der Waals surface area contributed by atoms with Crippen LogP contribution >= 0.6 is 15.9 Å².